The molecule has 4 rings (SSSR count). The van der Waals surface area contributed by atoms with Gasteiger partial charge < -0.3 is 19.7 Å². The Morgan fingerprint density at radius 2 is 1.67 bits per heavy atom. The van der Waals surface area contributed by atoms with Gasteiger partial charge in [0.2, 0.25) is 0 Å². The van der Waals surface area contributed by atoms with E-state index in [-0.39, 0.29) is 12.5 Å². The Hall–Kier alpha value is -3.29. The van der Waals surface area contributed by atoms with Gasteiger partial charge in [-0.3, -0.25) is 9.69 Å². The van der Waals surface area contributed by atoms with Crippen molar-refractivity contribution in [2.24, 2.45) is 0 Å². The molecule has 1 aromatic heterocycles. The number of nitrogens with one attached hydrogen (secondary N) is 1. The van der Waals surface area contributed by atoms with E-state index in [4.69, 9.17) is 21.1 Å². The van der Waals surface area contributed by atoms with Crippen LogP contribution in [-0.2, 0) is 11.3 Å². The maximum Gasteiger partial charge on any atom is 0.262 e. The maximum atomic E-state index is 12.1. The van der Waals surface area contributed by atoms with Crippen molar-refractivity contribution in [1.29, 1.82) is 0 Å². The van der Waals surface area contributed by atoms with Gasteiger partial charge in [-0.2, -0.15) is 0 Å². The molecule has 0 radical (unpaired) electrons. The second-order valence-electron chi connectivity index (χ2n) is 7.81. The first-order valence-electron chi connectivity index (χ1n) is 10.8. The summed E-state index contributed by atoms with van der Waals surface area (Å²) < 4.78 is 10.7. The van der Waals surface area contributed by atoms with Crippen molar-refractivity contribution in [1.82, 2.24) is 9.88 Å². The van der Waals surface area contributed by atoms with Gasteiger partial charge in [-0.25, -0.2) is 4.98 Å². The molecule has 0 saturated carbocycles. The predicted molar refractivity (Wildman–Crippen MR) is 130 cm³/mol. The van der Waals surface area contributed by atoms with Crippen LogP contribution in [0.25, 0.3) is 0 Å². The van der Waals surface area contributed by atoms with Crippen molar-refractivity contribution >= 4 is 29.0 Å². The number of aromatic nitrogens is 1. The zero-order valence-corrected chi connectivity index (χ0v) is 19.3. The highest BCUT2D eigenvalue weighted by molar-refractivity contribution is 6.30. The van der Waals surface area contributed by atoms with Crippen LogP contribution in [0.2, 0.25) is 5.02 Å². The largest absolute Gasteiger partial charge is 0.497 e. The molecule has 8 heteroatoms. The lowest BCUT2D eigenvalue weighted by atomic mass is 10.2. The third-order valence-electron chi connectivity index (χ3n) is 5.48. The number of amides is 1. The lowest BCUT2D eigenvalue weighted by Crippen LogP contribution is -2.46. The van der Waals surface area contributed by atoms with Crippen molar-refractivity contribution in [3.05, 3.63) is 77.4 Å². The number of piperazine rings is 1. The molecule has 1 N–H and O–H groups in total. The van der Waals surface area contributed by atoms with Gasteiger partial charge in [0.15, 0.2) is 6.61 Å². The Balaban J connectivity index is 1.22. The zero-order chi connectivity index (χ0) is 23.0. The number of methoxy groups -OCH3 is 1. The van der Waals surface area contributed by atoms with Gasteiger partial charge in [-0.15, -0.1) is 0 Å². The van der Waals surface area contributed by atoms with Crippen LogP contribution in [0.4, 0.5) is 11.5 Å². The normalized spacial score (nSPS) is 14.1. The van der Waals surface area contributed by atoms with Crippen molar-refractivity contribution in [2.45, 2.75) is 6.54 Å². The molecular formula is C25H27ClN4O3. The number of carbonyl (C=O) groups is 1. The summed E-state index contributed by atoms with van der Waals surface area (Å²) >= 11 is 5.85. The Labute approximate surface area is 198 Å². The number of benzene rings is 2. The fourth-order valence-corrected chi connectivity index (χ4v) is 3.77. The standard InChI is InChI=1S/C25H27ClN4O3/c1-32-22-7-2-19(3-8-22)17-29-12-14-30(15-13-29)24-11-6-21(16-27-24)28-25(31)18-33-23-9-4-20(26)5-10-23/h2-11,16H,12-15,17-18H2,1H3,(H,28,31). The first kappa shape index (κ1) is 22.9. The van der Waals surface area contributed by atoms with Crippen LogP contribution >= 0.6 is 11.6 Å². The first-order chi connectivity index (χ1) is 16.1. The molecule has 3 aromatic rings. The lowest BCUT2D eigenvalue weighted by molar-refractivity contribution is -0.118. The monoisotopic (exact) mass is 466 g/mol. The molecule has 0 bridgehead atoms. The summed E-state index contributed by atoms with van der Waals surface area (Å²) in [7, 11) is 1.68. The zero-order valence-electron chi connectivity index (χ0n) is 18.5. The molecule has 0 atom stereocenters. The number of halogens is 1. The van der Waals surface area contributed by atoms with E-state index in [0.29, 0.717) is 16.5 Å². The minimum absolute atomic E-state index is 0.0838. The van der Waals surface area contributed by atoms with E-state index in [1.807, 2.05) is 24.3 Å². The fraction of sp³-hybridized carbons (Fsp3) is 0.280. The number of nitrogens with zero attached hydrogens (tertiary/aromatic N) is 3. The Bertz CT molecular complexity index is 1030. The average molecular weight is 467 g/mol. The van der Waals surface area contributed by atoms with Crippen LogP contribution in [0.1, 0.15) is 5.56 Å². The Morgan fingerprint density at radius 3 is 2.30 bits per heavy atom. The number of carbonyl (C=O) groups excluding carboxylic acids is 1. The van der Waals surface area contributed by atoms with Crippen molar-refractivity contribution in [3.63, 3.8) is 0 Å². The minimum atomic E-state index is -0.244. The highest BCUT2D eigenvalue weighted by Crippen LogP contribution is 2.19. The van der Waals surface area contributed by atoms with Gasteiger partial charge in [0.1, 0.15) is 17.3 Å². The molecule has 1 amide bonds. The molecule has 33 heavy (non-hydrogen) atoms. The molecule has 0 spiro atoms. The first-order valence-corrected chi connectivity index (χ1v) is 11.2. The summed E-state index contributed by atoms with van der Waals surface area (Å²) in [5.41, 5.74) is 1.92. The summed E-state index contributed by atoms with van der Waals surface area (Å²) in [5.74, 6) is 2.14. The number of hydrogen-bond donors (Lipinski definition) is 1. The van der Waals surface area contributed by atoms with Crippen LogP contribution in [0.3, 0.4) is 0 Å². The number of anilines is 2. The minimum Gasteiger partial charge on any atom is -0.497 e. The molecule has 0 unspecified atom stereocenters. The van der Waals surface area contributed by atoms with Gasteiger partial charge in [-0.1, -0.05) is 23.7 Å². The number of ether oxygens (including phenoxy) is 2. The number of hydrogen-bond acceptors (Lipinski definition) is 6. The fourth-order valence-electron chi connectivity index (χ4n) is 3.65. The topological polar surface area (TPSA) is 66.9 Å². The number of rotatable bonds is 8. The van der Waals surface area contributed by atoms with Crippen molar-refractivity contribution in [2.75, 3.05) is 50.1 Å². The molecule has 1 aliphatic heterocycles. The molecule has 0 aliphatic carbocycles. The second kappa shape index (κ2) is 11.0. The predicted octanol–water partition coefficient (Wildman–Crippen LogP) is 4.08. The van der Waals surface area contributed by atoms with Crippen LogP contribution in [0, 0.1) is 0 Å². The summed E-state index contributed by atoms with van der Waals surface area (Å²) in [5, 5.41) is 3.43. The van der Waals surface area contributed by atoms with E-state index in [9.17, 15) is 4.79 Å². The van der Waals surface area contributed by atoms with Crippen LogP contribution in [0.5, 0.6) is 11.5 Å². The molecule has 1 saturated heterocycles. The van der Waals surface area contributed by atoms with E-state index in [1.165, 1.54) is 5.56 Å². The summed E-state index contributed by atoms with van der Waals surface area (Å²) in [4.78, 5) is 21.4. The van der Waals surface area contributed by atoms with E-state index in [2.05, 4.69) is 32.2 Å². The van der Waals surface area contributed by atoms with Crippen LogP contribution in [0.15, 0.2) is 66.9 Å². The maximum absolute atomic E-state index is 12.1. The van der Waals surface area contributed by atoms with Crippen LogP contribution in [-0.4, -0.2) is 55.7 Å². The Morgan fingerprint density at radius 1 is 0.970 bits per heavy atom. The van der Waals surface area contributed by atoms with Gasteiger partial charge in [0.05, 0.1) is 19.0 Å². The lowest BCUT2D eigenvalue weighted by Gasteiger charge is -2.35. The molecule has 2 aromatic carbocycles. The Kier molecular flexibility index (Phi) is 7.65. The van der Waals surface area contributed by atoms with Crippen molar-refractivity contribution < 1.29 is 14.3 Å². The van der Waals surface area contributed by atoms with Crippen molar-refractivity contribution in [3.8, 4) is 11.5 Å². The third-order valence-corrected chi connectivity index (χ3v) is 5.73. The second-order valence-corrected chi connectivity index (χ2v) is 8.24. The van der Waals surface area contributed by atoms with E-state index in [1.54, 1.807) is 37.6 Å². The highest BCUT2D eigenvalue weighted by Gasteiger charge is 2.18. The average Bonchev–Trinajstić information content (AvgIpc) is 2.85. The van der Waals surface area contributed by atoms with E-state index >= 15 is 0 Å². The van der Waals surface area contributed by atoms with Crippen LogP contribution < -0.4 is 19.7 Å². The highest BCUT2D eigenvalue weighted by atomic mass is 35.5. The number of pyridine rings is 1. The van der Waals surface area contributed by atoms with Gasteiger partial charge >= 0.3 is 0 Å². The quantitative estimate of drug-likeness (QED) is 0.539. The molecule has 2 heterocycles. The smallest absolute Gasteiger partial charge is 0.262 e. The molecular weight excluding hydrogens is 440 g/mol. The SMILES string of the molecule is COc1ccc(CN2CCN(c3ccc(NC(=O)COc4ccc(Cl)cc4)cn3)CC2)cc1. The van der Waals surface area contributed by atoms with E-state index in [0.717, 1.165) is 44.3 Å². The molecule has 172 valence electrons. The molecule has 1 fully saturated rings. The summed E-state index contributed by atoms with van der Waals surface area (Å²) in [6, 6.07) is 18.9. The molecule has 7 nitrogen and oxygen atoms in total. The molecule has 1 aliphatic rings. The van der Waals surface area contributed by atoms with Gasteiger partial charge in [0, 0.05) is 37.7 Å². The van der Waals surface area contributed by atoms with Gasteiger partial charge in [-0.05, 0) is 54.1 Å². The summed E-state index contributed by atoms with van der Waals surface area (Å²) in [6.07, 6.45) is 1.68. The summed E-state index contributed by atoms with van der Waals surface area (Å²) in [6.45, 7) is 4.59. The van der Waals surface area contributed by atoms with E-state index < -0.39 is 0 Å². The third kappa shape index (κ3) is 6.60. The van der Waals surface area contributed by atoms with Gasteiger partial charge in [0.25, 0.3) is 5.91 Å².